The van der Waals surface area contributed by atoms with Crippen LogP contribution in [0.1, 0.15) is 24.8 Å². The molecule has 0 aromatic carbocycles. The van der Waals surface area contributed by atoms with E-state index in [9.17, 15) is 0 Å². The van der Waals surface area contributed by atoms with Crippen LogP contribution in [0.3, 0.4) is 0 Å². The lowest BCUT2D eigenvalue weighted by molar-refractivity contribution is 0.105. The van der Waals surface area contributed by atoms with Gasteiger partial charge in [-0.1, -0.05) is 0 Å². The number of nitrogen functional groups attached to an aromatic ring is 1. The summed E-state index contributed by atoms with van der Waals surface area (Å²) in [5.41, 5.74) is 7.17. The Labute approximate surface area is 86.9 Å². The van der Waals surface area contributed by atoms with E-state index < -0.39 is 0 Å². The highest BCUT2D eigenvalue weighted by molar-refractivity contribution is 5.46. The third-order valence-electron chi connectivity index (χ3n) is 2.59. The standard InChI is InChI=1S/C10H12N4O/c11-7-3-4-9-12-10(13-14(9)6-7)8-2-1-5-15-8/h3-4,6,8H,1-2,5,11H2. The van der Waals surface area contributed by atoms with Crippen LogP contribution in [0.5, 0.6) is 0 Å². The maximum Gasteiger partial charge on any atom is 0.180 e. The van der Waals surface area contributed by atoms with Crippen LogP contribution in [0.25, 0.3) is 5.65 Å². The van der Waals surface area contributed by atoms with E-state index >= 15 is 0 Å². The Hall–Kier alpha value is -1.62. The molecule has 3 rings (SSSR count). The smallest absolute Gasteiger partial charge is 0.180 e. The summed E-state index contributed by atoms with van der Waals surface area (Å²) in [6.07, 6.45) is 3.92. The van der Waals surface area contributed by atoms with Crippen LogP contribution < -0.4 is 5.73 Å². The molecule has 5 nitrogen and oxygen atoms in total. The van der Waals surface area contributed by atoms with Crippen molar-refractivity contribution in [3.63, 3.8) is 0 Å². The summed E-state index contributed by atoms with van der Waals surface area (Å²) in [4.78, 5) is 4.41. The number of hydrogen-bond donors (Lipinski definition) is 1. The minimum Gasteiger partial charge on any atom is -0.397 e. The van der Waals surface area contributed by atoms with Crippen molar-refractivity contribution in [1.82, 2.24) is 14.6 Å². The Bertz CT molecular complexity index is 487. The van der Waals surface area contributed by atoms with Gasteiger partial charge in [-0.15, -0.1) is 5.10 Å². The summed E-state index contributed by atoms with van der Waals surface area (Å²) in [7, 11) is 0. The van der Waals surface area contributed by atoms with E-state index in [4.69, 9.17) is 10.5 Å². The molecule has 2 N–H and O–H groups in total. The summed E-state index contributed by atoms with van der Waals surface area (Å²) >= 11 is 0. The lowest BCUT2D eigenvalue weighted by atomic mass is 10.2. The molecule has 15 heavy (non-hydrogen) atoms. The van der Waals surface area contributed by atoms with E-state index in [0.717, 1.165) is 30.9 Å². The molecule has 2 aromatic heterocycles. The van der Waals surface area contributed by atoms with Crippen LogP contribution in [0, 0.1) is 0 Å². The van der Waals surface area contributed by atoms with Crippen molar-refractivity contribution in [3.8, 4) is 0 Å². The van der Waals surface area contributed by atoms with E-state index in [1.54, 1.807) is 10.7 Å². The zero-order valence-electron chi connectivity index (χ0n) is 8.26. The van der Waals surface area contributed by atoms with Gasteiger partial charge in [-0.2, -0.15) is 0 Å². The van der Waals surface area contributed by atoms with Crippen molar-refractivity contribution in [2.75, 3.05) is 12.3 Å². The lowest BCUT2D eigenvalue weighted by Gasteiger charge is -2.01. The molecule has 0 aliphatic carbocycles. The number of nitrogens with two attached hydrogens (primary N) is 1. The molecule has 0 spiro atoms. The van der Waals surface area contributed by atoms with Crippen molar-refractivity contribution >= 4 is 11.3 Å². The SMILES string of the molecule is Nc1ccc2nc(C3CCCO3)nn2c1. The van der Waals surface area contributed by atoms with Crippen LogP contribution in [-0.4, -0.2) is 21.2 Å². The first-order chi connectivity index (χ1) is 7.33. The normalized spacial score (nSPS) is 21.2. The van der Waals surface area contributed by atoms with Gasteiger partial charge in [0, 0.05) is 6.61 Å². The zero-order valence-corrected chi connectivity index (χ0v) is 8.26. The Morgan fingerprint density at radius 2 is 2.40 bits per heavy atom. The molecule has 1 saturated heterocycles. The second kappa shape index (κ2) is 3.20. The van der Waals surface area contributed by atoms with Crippen LogP contribution >= 0.6 is 0 Å². The number of aromatic nitrogens is 3. The molecule has 78 valence electrons. The fraction of sp³-hybridized carbons (Fsp3) is 0.400. The third kappa shape index (κ3) is 1.45. The first-order valence-electron chi connectivity index (χ1n) is 5.06. The van der Waals surface area contributed by atoms with E-state index in [1.165, 1.54) is 0 Å². The Kier molecular flexibility index (Phi) is 1.85. The molecule has 2 aromatic rings. The molecule has 0 bridgehead atoms. The molecule has 1 aliphatic heterocycles. The summed E-state index contributed by atoms with van der Waals surface area (Å²) in [5, 5.41) is 4.36. The molecule has 0 saturated carbocycles. The van der Waals surface area contributed by atoms with Gasteiger partial charge in [-0.25, -0.2) is 9.50 Å². The molecule has 3 heterocycles. The lowest BCUT2D eigenvalue weighted by Crippen LogP contribution is -1.98. The summed E-state index contributed by atoms with van der Waals surface area (Å²) in [6.45, 7) is 0.808. The van der Waals surface area contributed by atoms with Gasteiger partial charge >= 0.3 is 0 Å². The highest BCUT2D eigenvalue weighted by atomic mass is 16.5. The second-order valence-corrected chi connectivity index (χ2v) is 3.74. The molecule has 1 aliphatic rings. The predicted molar refractivity (Wildman–Crippen MR) is 55.3 cm³/mol. The summed E-state index contributed by atoms with van der Waals surface area (Å²) in [6, 6.07) is 3.68. The fourth-order valence-electron chi connectivity index (χ4n) is 1.83. The van der Waals surface area contributed by atoms with Crippen LogP contribution in [-0.2, 0) is 4.74 Å². The zero-order chi connectivity index (χ0) is 10.3. The average molecular weight is 204 g/mol. The number of pyridine rings is 1. The van der Waals surface area contributed by atoms with E-state index in [1.807, 2.05) is 12.1 Å². The molecule has 0 amide bonds. The van der Waals surface area contributed by atoms with E-state index in [-0.39, 0.29) is 6.10 Å². The monoisotopic (exact) mass is 204 g/mol. The van der Waals surface area contributed by atoms with Crippen LogP contribution in [0.2, 0.25) is 0 Å². The van der Waals surface area contributed by atoms with E-state index in [2.05, 4.69) is 10.1 Å². The molecular formula is C10H12N4O. The predicted octanol–water partition coefficient (Wildman–Crippen LogP) is 1.16. The number of hydrogen-bond acceptors (Lipinski definition) is 4. The third-order valence-corrected chi connectivity index (χ3v) is 2.59. The fourth-order valence-corrected chi connectivity index (χ4v) is 1.83. The Morgan fingerprint density at radius 3 is 3.20 bits per heavy atom. The van der Waals surface area contributed by atoms with Gasteiger partial charge in [-0.3, -0.25) is 0 Å². The van der Waals surface area contributed by atoms with Gasteiger partial charge < -0.3 is 10.5 Å². The number of fused-ring (bicyclic) bond motifs is 1. The van der Waals surface area contributed by atoms with Gasteiger partial charge in [0.25, 0.3) is 0 Å². The van der Waals surface area contributed by atoms with Crippen LogP contribution in [0.4, 0.5) is 5.69 Å². The minimum absolute atomic E-state index is 0.0612. The second-order valence-electron chi connectivity index (χ2n) is 3.74. The van der Waals surface area contributed by atoms with E-state index in [0.29, 0.717) is 5.69 Å². The first kappa shape index (κ1) is 8.67. The first-order valence-corrected chi connectivity index (χ1v) is 5.06. The van der Waals surface area contributed by atoms with Crippen molar-refractivity contribution < 1.29 is 4.74 Å². The van der Waals surface area contributed by atoms with Gasteiger partial charge in [0.2, 0.25) is 0 Å². The maximum atomic E-state index is 5.67. The highest BCUT2D eigenvalue weighted by Crippen LogP contribution is 2.26. The van der Waals surface area contributed by atoms with Gasteiger partial charge in [-0.05, 0) is 25.0 Å². The largest absolute Gasteiger partial charge is 0.397 e. The molecular weight excluding hydrogens is 192 g/mol. The quantitative estimate of drug-likeness (QED) is 0.757. The van der Waals surface area contributed by atoms with Crippen molar-refractivity contribution in [1.29, 1.82) is 0 Å². The number of rotatable bonds is 1. The molecule has 1 unspecified atom stereocenters. The molecule has 1 atom stereocenters. The maximum absolute atomic E-state index is 5.67. The number of nitrogens with zero attached hydrogens (tertiary/aromatic N) is 3. The van der Waals surface area contributed by atoms with Crippen molar-refractivity contribution in [2.45, 2.75) is 18.9 Å². The van der Waals surface area contributed by atoms with Gasteiger partial charge in [0.15, 0.2) is 11.5 Å². The molecule has 1 fully saturated rings. The average Bonchev–Trinajstić information content (AvgIpc) is 2.84. The Morgan fingerprint density at radius 1 is 1.47 bits per heavy atom. The van der Waals surface area contributed by atoms with Crippen molar-refractivity contribution in [3.05, 3.63) is 24.2 Å². The van der Waals surface area contributed by atoms with Gasteiger partial charge in [0.1, 0.15) is 6.10 Å². The summed E-state index contributed by atoms with van der Waals surface area (Å²) in [5.74, 6) is 0.762. The Balaban J connectivity index is 2.05. The molecule has 5 heteroatoms. The molecule has 0 radical (unpaired) electrons. The summed E-state index contributed by atoms with van der Waals surface area (Å²) < 4.78 is 7.23. The number of ether oxygens (including phenoxy) is 1. The minimum atomic E-state index is 0.0612. The van der Waals surface area contributed by atoms with Crippen molar-refractivity contribution in [2.24, 2.45) is 0 Å². The highest BCUT2D eigenvalue weighted by Gasteiger charge is 2.21. The topological polar surface area (TPSA) is 65.4 Å². The number of anilines is 1. The van der Waals surface area contributed by atoms with Crippen LogP contribution in [0.15, 0.2) is 18.3 Å². The van der Waals surface area contributed by atoms with Gasteiger partial charge in [0.05, 0.1) is 11.9 Å².